The predicted octanol–water partition coefficient (Wildman–Crippen LogP) is -0.221. The summed E-state index contributed by atoms with van der Waals surface area (Å²) in [4.78, 5) is 36.3. The fourth-order valence-corrected chi connectivity index (χ4v) is 5.36. The SMILES string of the molecule is CC(=O)C(O)[C@H]1OC(Br)[C@H](OS(=O)(=O)c2ccc(C)cc2)[C@](O)(C(C)=O)[C@@]1(O)C(C)=O. The quantitative estimate of drug-likeness (QED) is 0.321. The third-order valence-electron chi connectivity index (χ3n) is 5.24. The van der Waals surface area contributed by atoms with Crippen LogP contribution in [0, 0.1) is 6.92 Å². The maximum atomic E-state index is 12.8. The van der Waals surface area contributed by atoms with Gasteiger partial charge in [-0.3, -0.25) is 18.6 Å². The van der Waals surface area contributed by atoms with Crippen LogP contribution in [0.2, 0.25) is 0 Å². The van der Waals surface area contributed by atoms with Crippen LogP contribution in [0.25, 0.3) is 0 Å². The normalized spacial score (nSPS) is 32.3. The number of ketones is 3. The molecule has 0 spiro atoms. The lowest BCUT2D eigenvalue weighted by molar-refractivity contribution is -0.282. The molecule has 0 saturated carbocycles. The lowest BCUT2D eigenvalue weighted by Gasteiger charge is -2.53. The van der Waals surface area contributed by atoms with Gasteiger partial charge >= 0.3 is 0 Å². The van der Waals surface area contributed by atoms with Gasteiger partial charge in [0.15, 0.2) is 34.7 Å². The number of rotatable bonds is 7. The highest BCUT2D eigenvalue weighted by Gasteiger charge is 2.72. The van der Waals surface area contributed by atoms with E-state index in [0.717, 1.165) is 26.3 Å². The van der Waals surface area contributed by atoms with E-state index in [1.165, 1.54) is 24.3 Å². The minimum absolute atomic E-state index is 0.319. The van der Waals surface area contributed by atoms with E-state index < -0.39 is 62.0 Å². The molecule has 0 aliphatic carbocycles. The van der Waals surface area contributed by atoms with E-state index in [2.05, 4.69) is 15.9 Å². The summed E-state index contributed by atoms with van der Waals surface area (Å²) in [5, 5.41) is 31.0. The van der Waals surface area contributed by atoms with Crippen molar-refractivity contribution in [2.45, 2.75) is 67.1 Å². The molecule has 1 fully saturated rings. The van der Waals surface area contributed by atoms with Crippen molar-refractivity contribution in [2.75, 3.05) is 0 Å². The van der Waals surface area contributed by atoms with Crippen molar-refractivity contribution in [3.8, 4) is 0 Å². The number of Topliss-reactive ketones (excluding diaryl/α,β-unsaturated/α-hetero) is 3. The molecule has 0 radical (unpaired) electrons. The fraction of sp³-hybridized carbons (Fsp3) is 0.526. The first-order valence-electron chi connectivity index (χ1n) is 9.05. The third kappa shape index (κ3) is 4.25. The highest BCUT2D eigenvalue weighted by molar-refractivity contribution is 9.09. The van der Waals surface area contributed by atoms with Crippen molar-refractivity contribution in [1.29, 1.82) is 0 Å². The second kappa shape index (κ2) is 8.77. The van der Waals surface area contributed by atoms with E-state index in [4.69, 9.17) is 8.92 Å². The maximum Gasteiger partial charge on any atom is 0.297 e. The van der Waals surface area contributed by atoms with Crippen LogP contribution in [-0.2, 0) is 33.4 Å². The zero-order valence-electron chi connectivity index (χ0n) is 17.1. The van der Waals surface area contributed by atoms with Gasteiger partial charge in [-0.25, -0.2) is 0 Å². The third-order valence-corrected chi connectivity index (χ3v) is 7.24. The van der Waals surface area contributed by atoms with Crippen LogP contribution < -0.4 is 0 Å². The number of benzene rings is 1. The molecule has 0 aromatic heterocycles. The molecule has 1 aliphatic rings. The van der Waals surface area contributed by atoms with Gasteiger partial charge in [-0.15, -0.1) is 0 Å². The lowest BCUT2D eigenvalue weighted by Crippen LogP contribution is -2.80. The number of halogens is 1. The molecule has 172 valence electrons. The van der Waals surface area contributed by atoms with Gasteiger partial charge in [-0.2, -0.15) is 8.42 Å². The molecule has 3 N–H and O–H groups in total. The Labute approximate surface area is 187 Å². The molecule has 1 heterocycles. The van der Waals surface area contributed by atoms with E-state index in [0.29, 0.717) is 0 Å². The number of aliphatic hydroxyl groups excluding tert-OH is 1. The lowest BCUT2D eigenvalue weighted by atomic mass is 9.67. The minimum Gasteiger partial charge on any atom is -0.382 e. The van der Waals surface area contributed by atoms with Crippen molar-refractivity contribution >= 4 is 43.4 Å². The van der Waals surface area contributed by atoms with Crippen LogP contribution >= 0.6 is 15.9 Å². The monoisotopic (exact) mass is 522 g/mol. The number of carbonyl (C=O) groups excluding carboxylic acids is 3. The highest BCUT2D eigenvalue weighted by atomic mass is 79.9. The Hall–Kier alpha value is -1.54. The predicted molar refractivity (Wildman–Crippen MR) is 109 cm³/mol. The Morgan fingerprint density at radius 3 is 1.97 bits per heavy atom. The average Bonchev–Trinajstić information content (AvgIpc) is 2.67. The Bertz CT molecular complexity index is 991. The summed E-state index contributed by atoms with van der Waals surface area (Å²) in [6.45, 7) is 4.25. The molecule has 1 aromatic rings. The summed E-state index contributed by atoms with van der Waals surface area (Å²) in [5.74, 6) is -3.43. The number of aliphatic hydroxyl groups is 3. The number of aryl methyl sites for hydroxylation is 1. The molecule has 12 heteroatoms. The molecular weight excluding hydrogens is 500 g/mol. The average molecular weight is 523 g/mol. The zero-order chi connectivity index (χ0) is 23.9. The summed E-state index contributed by atoms with van der Waals surface area (Å²) in [7, 11) is -4.62. The van der Waals surface area contributed by atoms with Gasteiger partial charge < -0.3 is 20.1 Å². The number of ether oxygens (including phenoxy) is 1. The molecule has 1 saturated heterocycles. The van der Waals surface area contributed by atoms with Gasteiger partial charge in [0, 0.05) is 0 Å². The van der Waals surface area contributed by atoms with Gasteiger partial charge in [0.05, 0.1) is 4.90 Å². The van der Waals surface area contributed by atoms with Crippen molar-refractivity contribution in [1.82, 2.24) is 0 Å². The summed E-state index contributed by atoms with van der Waals surface area (Å²) in [5.41, 5.74) is -5.66. The van der Waals surface area contributed by atoms with E-state index in [1.807, 2.05) is 0 Å². The first-order chi connectivity index (χ1) is 14.1. The summed E-state index contributed by atoms with van der Waals surface area (Å²) in [6, 6.07) is 5.43. The number of hydrogen-bond acceptors (Lipinski definition) is 10. The van der Waals surface area contributed by atoms with Crippen molar-refractivity contribution in [2.24, 2.45) is 0 Å². The molecular formula is C19H23BrO10S. The van der Waals surface area contributed by atoms with Crippen molar-refractivity contribution in [3.63, 3.8) is 0 Å². The Morgan fingerprint density at radius 2 is 1.55 bits per heavy atom. The Morgan fingerprint density at radius 1 is 1.06 bits per heavy atom. The highest BCUT2D eigenvalue weighted by Crippen LogP contribution is 2.45. The van der Waals surface area contributed by atoms with E-state index in [-0.39, 0.29) is 4.90 Å². The molecule has 1 aliphatic heterocycles. The molecule has 1 aromatic carbocycles. The summed E-state index contributed by atoms with van der Waals surface area (Å²) < 4.78 is 36.0. The minimum atomic E-state index is -4.62. The molecule has 6 atom stereocenters. The van der Waals surface area contributed by atoms with Gasteiger partial charge in [0.1, 0.15) is 17.2 Å². The van der Waals surface area contributed by atoms with E-state index in [9.17, 15) is 38.1 Å². The van der Waals surface area contributed by atoms with Gasteiger partial charge in [0.25, 0.3) is 10.1 Å². The van der Waals surface area contributed by atoms with Crippen LogP contribution in [0.15, 0.2) is 29.2 Å². The molecule has 0 bridgehead atoms. The van der Waals surface area contributed by atoms with E-state index in [1.54, 1.807) is 6.92 Å². The van der Waals surface area contributed by atoms with E-state index >= 15 is 0 Å². The molecule has 10 nitrogen and oxygen atoms in total. The second-order valence-electron chi connectivity index (χ2n) is 7.39. The van der Waals surface area contributed by atoms with Gasteiger partial charge in [-0.05, 0) is 39.8 Å². The standard InChI is InChI=1S/C19H23BrO10S/c1-9-5-7-13(8-6-9)31(27,28)30-16-17(20)29-15(14(24)10(2)21)18(25,11(3)22)19(16,26)12(4)23/h5-8,14-17,24-26H,1-4H3/t14?,15-,16+,17?,18-,19-/m1/s1. The topological polar surface area (TPSA) is 164 Å². The van der Waals surface area contributed by atoms with Gasteiger partial charge in [0.2, 0.25) is 0 Å². The van der Waals surface area contributed by atoms with Crippen LogP contribution in [0.1, 0.15) is 26.3 Å². The first-order valence-corrected chi connectivity index (χ1v) is 11.4. The molecule has 2 rings (SSSR count). The number of hydrogen-bond donors (Lipinski definition) is 3. The van der Waals surface area contributed by atoms with Crippen LogP contribution in [-0.4, -0.2) is 75.6 Å². The first kappa shape index (κ1) is 25.7. The van der Waals surface area contributed by atoms with Crippen LogP contribution in [0.3, 0.4) is 0 Å². The van der Waals surface area contributed by atoms with Crippen LogP contribution in [0.5, 0.6) is 0 Å². The fourth-order valence-electron chi connectivity index (χ4n) is 3.40. The summed E-state index contributed by atoms with van der Waals surface area (Å²) >= 11 is 2.93. The van der Waals surface area contributed by atoms with Gasteiger partial charge in [-0.1, -0.05) is 33.6 Å². The summed E-state index contributed by atoms with van der Waals surface area (Å²) in [6.07, 6.45) is -6.36. The van der Waals surface area contributed by atoms with Crippen molar-refractivity contribution < 1.29 is 47.0 Å². The second-order valence-corrected chi connectivity index (χ2v) is 9.87. The maximum absolute atomic E-state index is 12.8. The Balaban J connectivity index is 2.65. The molecule has 2 unspecified atom stereocenters. The van der Waals surface area contributed by atoms with Crippen LogP contribution in [0.4, 0.5) is 0 Å². The number of carbonyl (C=O) groups is 3. The zero-order valence-corrected chi connectivity index (χ0v) is 19.5. The smallest absolute Gasteiger partial charge is 0.297 e. The largest absolute Gasteiger partial charge is 0.382 e. The molecule has 31 heavy (non-hydrogen) atoms. The number of alkyl halides is 1. The Kier molecular flexibility index (Phi) is 7.28. The molecule has 0 amide bonds. The van der Waals surface area contributed by atoms with Crippen molar-refractivity contribution in [3.05, 3.63) is 29.8 Å².